The molecule has 0 aliphatic heterocycles. The van der Waals surface area contributed by atoms with Gasteiger partial charge in [-0.05, 0) is 43.2 Å². The summed E-state index contributed by atoms with van der Waals surface area (Å²) in [6.07, 6.45) is -0.0677. The van der Waals surface area contributed by atoms with Crippen LogP contribution in [0.5, 0.6) is 0 Å². The van der Waals surface area contributed by atoms with E-state index in [0.29, 0.717) is 16.8 Å². The van der Waals surface area contributed by atoms with Crippen LogP contribution < -0.4 is 10.6 Å². The van der Waals surface area contributed by atoms with Gasteiger partial charge in [0.05, 0.1) is 19.1 Å². The number of hydrogen-bond donors (Lipinski definition) is 2. The van der Waals surface area contributed by atoms with Crippen LogP contribution in [-0.2, 0) is 19.1 Å². The highest BCUT2D eigenvalue weighted by molar-refractivity contribution is 5.97. The van der Waals surface area contributed by atoms with Crippen molar-refractivity contribution in [3.8, 4) is 0 Å². The average molecular weight is 412 g/mol. The van der Waals surface area contributed by atoms with E-state index < -0.39 is 24.5 Å². The first-order chi connectivity index (χ1) is 14.3. The number of esters is 2. The molecule has 0 heterocycles. The predicted octanol–water partition coefficient (Wildman–Crippen LogP) is 2.39. The van der Waals surface area contributed by atoms with Crippen molar-refractivity contribution in [2.24, 2.45) is 0 Å². The lowest BCUT2D eigenvalue weighted by Crippen LogP contribution is -2.28. The van der Waals surface area contributed by atoms with E-state index in [4.69, 9.17) is 4.74 Å². The molecule has 30 heavy (non-hydrogen) atoms. The topological polar surface area (TPSA) is 111 Å². The number of ether oxygens (including phenoxy) is 2. The van der Waals surface area contributed by atoms with Gasteiger partial charge in [0.15, 0.2) is 6.61 Å². The maximum absolute atomic E-state index is 12.1. The molecule has 2 amide bonds. The Hall–Kier alpha value is -3.68. The van der Waals surface area contributed by atoms with Gasteiger partial charge < -0.3 is 20.1 Å². The molecule has 2 N–H and O–H groups in total. The zero-order valence-electron chi connectivity index (χ0n) is 17.1. The molecular formula is C22H24N2O6. The molecule has 0 aliphatic carbocycles. The third-order valence-corrected chi connectivity index (χ3v) is 4.30. The van der Waals surface area contributed by atoms with Crippen LogP contribution in [0.25, 0.3) is 0 Å². The summed E-state index contributed by atoms with van der Waals surface area (Å²) < 4.78 is 9.59. The van der Waals surface area contributed by atoms with Crippen LogP contribution in [0.3, 0.4) is 0 Å². The van der Waals surface area contributed by atoms with E-state index in [9.17, 15) is 19.2 Å². The molecule has 0 aliphatic rings. The van der Waals surface area contributed by atoms with Crippen molar-refractivity contribution >= 4 is 29.4 Å². The summed E-state index contributed by atoms with van der Waals surface area (Å²) in [6, 6.07) is 11.9. The molecule has 8 nitrogen and oxygen atoms in total. The van der Waals surface area contributed by atoms with Gasteiger partial charge >= 0.3 is 11.9 Å². The Kier molecular flexibility index (Phi) is 8.10. The van der Waals surface area contributed by atoms with Crippen LogP contribution in [0.2, 0.25) is 0 Å². The standard InChI is InChI=1S/C22H24N2O6/c1-14-6-4-5-7-17(14)21(27)23-11-10-20(26)30-13-19(25)24-18-12-16(22(28)29-3)9-8-15(18)2/h4-9,12H,10-11,13H2,1-3H3,(H,23,27)(H,24,25). The van der Waals surface area contributed by atoms with E-state index >= 15 is 0 Å². The zero-order valence-corrected chi connectivity index (χ0v) is 17.1. The first kappa shape index (κ1) is 22.6. The number of rotatable bonds is 8. The van der Waals surface area contributed by atoms with E-state index in [-0.39, 0.29) is 18.9 Å². The fraction of sp³-hybridized carbons (Fsp3) is 0.273. The first-order valence-electron chi connectivity index (χ1n) is 9.30. The molecule has 2 aromatic carbocycles. The molecule has 0 fully saturated rings. The van der Waals surface area contributed by atoms with Crippen LogP contribution in [0.1, 0.15) is 38.3 Å². The largest absolute Gasteiger partial charge is 0.465 e. The van der Waals surface area contributed by atoms with Gasteiger partial charge in [0, 0.05) is 17.8 Å². The molecule has 0 aromatic heterocycles. The SMILES string of the molecule is COC(=O)c1ccc(C)c(NC(=O)COC(=O)CCNC(=O)c2ccccc2C)c1. The molecule has 158 valence electrons. The second-order valence-corrected chi connectivity index (χ2v) is 6.55. The summed E-state index contributed by atoms with van der Waals surface area (Å²) in [6.45, 7) is 3.20. The predicted molar refractivity (Wildman–Crippen MR) is 110 cm³/mol. The van der Waals surface area contributed by atoms with Gasteiger partial charge in [-0.3, -0.25) is 14.4 Å². The van der Waals surface area contributed by atoms with E-state index in [1.165, 1.54) is 13.2 Å². The minimum Gasteiger partial charge on any atom is -0.465 e. The number of carbonyl (C=O) groups is 4. The quantitative estimate of drug-likeness (QED) is 0.644. The van der Waals surface area contributed by atoms with Crippen LogP contribution in [-0.4, -0.2) is 44.0 Å². The highest BCUT2D eigenvalue weighted by Crippen LogP contribution is 2.17. The molecule has 8 heteroatoms. The summed E-state index contributed by atoms with van der Waals surface area (Å²) in [5.74, 6) is -1.96. The number of anilines is 1. The molecule has 0 saturated heterocycles. The Labute approximate surface area is 174 Å². The minimum absolute atomic E-state index is 0.0677. The third kappa shape index (κ3) is 6.44. The van der Waals surface area contributed by atoms with Crippen molar-refractivity contribution < 1.29 is 28.7 Å². The molecule has 0 saturated carbocycles. The Morgan fingerprint density at radius 3 is 2.40 bits per heavy atom. The first-order valence-corrected chi connectivity index (χ1v) is 9.30. The number of amides is 2. The van der Waals surface area contributed by atoms with Crippen molar-refractivity contribution in [3.63, 3.8) is 0 Å². The van der Waals surface area contributed by atoms with Crippen molar-refractivity contribution in [1.82, 2.24) is 5.32 Å². The molecular weight excluding hydrogens is 388 g/mol. The van der Waals surface area contributed by atoms with Crippen LogP contribution in [0.4, 0.5) is 5.69 Å². The number of nitrogens with one attached hydrogen (secondary N) is 2. The van der Waals surface area contributed by atoms with Crippen molar-refractivity contribution in [2.75, 3.05) is 25.6 Å². The van der Waals surface area contributed by atoms with Gasteiger partial charge in [0.25, 0.3) is 11.8 Å². The molecule has 0 atom stereocenters. The van der Waals surface area contributed by atoms with Gasteiger partial charge in [-0.2, -0.15) is 0 Å². The zero-order chi connectivity index (χ0) is 22.1. The van der Waals surface area contributed by atoms with Gasteiger partial charge in [-0.1, -0.05) is 24.3 Å². The molecule has 0 unspecified atom stereocenters. The number of carbonyl (C=O) groups excluding carboxylic acids is 4. The average Bonchev–Trinajstić information content (AvgIpc) is 2.73. The number of aryl methyl sites for hydroxylation is 2. The fourth-order valence-electron chi connectivity index (χ4n) is 2.61. The Bertz CT molecular complexity index is 954. The van der Waals surface area contributed by atoms with E-state index in [1.54, 1.807) is 31.2 Å². The molecule has 0 bridgehead atoms. The second-order valence-electron chi connectivity index (χ2n) is 6.55. The van der Waals surface area contributed by atoms with Gasteiger partial charge in [-0.25, -0.2) is 4.79 Å². The maximum Gasteiger partial charge on any atom is 0.337 e. The van der Waals surface area contributed by atoms with E-state index in [2.05, 4.69) is 15.4 Å². The van der Waals surface area contributed by atoms with E-state index in [1.807, 2.05) is 19.1 Å². The number of hydrogen-bond acceptors (Lipinski definition) is 6. The van der Waals surface area contributed by atoms with E-state index in [0.717, 1.165) is 11.1 Å². The van der Waals surface area contributed by atoms with Crippen LogP contribution >= 0.6 is 0 Å². The van der Waals surface area contributed by atoms with Gasteiger partial charge in [0.2, 0.25) is 0 Å². The Morgan fingerprint density at radius 2 is 1.70 bits per heavy atom. The van der Waals surface area contributed by atoms with Crippen molar-refractivity contribution in [1.29, 1.82) is 0 Å². The lowest BCUT2D eigenvalue weighted by molar-refractivity contribution is -0.147. The Balaban J connectivity index is 1.77. The van der Waals surface area contributed by atoms with Gasteiger partial charge in [-0.15, -0.1) is 0 Å². The molecule has 0 spiro atoms. The summed E-state index contributed by atoms with van der Waals surface area (Å²) in [4.78, 5) is 47.6. The van der Waals surface area contributed by atoms with Crippen molar-refractivity contribution in [3.05, 3.63) is 64.7 Å². The number of methoxy groups -OCH3 is 1. The second kappa shape index (κ2) is 10.8. The highest BCUT2D eigenvalue weighted by atomic mass is 16.5. The summed E-state index contributed by atoms with van der Waals surface area (Å²) in [5.41, 5.74) is 2.82. The third-order valence-electron chi connectivity index (χ3n) is 4.30. The normalized spacial score (nSPS) is 10.1. The lowest BCUT2D eigenvalue weighted by Gasteiger charge is -2.11. The van der Waals surface area contributed by atoms with Crippen molar-refractivity contribution in [2.45, 2.75) is 20.3 Å². The summed E-state index contributed by atoms with van der Waals surface area (Å²) >= 11 is 0. The van der Waals surface area contributed by atoms with Crippen LogP contribution in [0.15, 0.2) is 42.5 Å². The summed E-state index contributed by atoms with van der Waals surface area (Å²) in [7, 11) is 1.27. The Morgan fingerprint density at radius 1 is 0.967 bits per heavy atom. The molecule has 0 radical (unpaired) electrons. The fourth-order valence-corrected chi connectivity index (χ4v) is 2.61. The smallest absolute Gasteiger partial charge is 0.337 e. The van der Waals surface area contributed by atoms with Crippen LogP contribution in [0, 0.1) is 13.8 Å². The molecule has 2 rings (SSSR count). The lowest BCUT2D eigenvalue weighted by atomic mass is 10.1. The highest BCUT2D eigenvalue weighted by Gasteiger charge is 2.13. The maximum atomic E-state index is 12.1. The minimum atomic E-state index is -0.615. The van der Waals surface area contributed by atoms with Gasteiger partial charge in [0.1, 0.15) is 0 Å². The summed E-state index contributed by atoms with van der Waals surface area (Å²) in [5, 5.41) is 5.24. The molecule has 2 aromatic rings. The monoisotopic (exact) mass is 412 g/mol. The number of benzene rings is 2.